The van der Waals surface area contributed by atoms with Crippen molar-refractivity contribution in [3.63, 3.8) is 0 Å². The van der Waals surface area contributed by atoms with Gasteiger partial charge in [0.15, 0.2) is 5.60 Å². The van der Waals surface area contributed by atoms with Crippen molar-refractivity contribution in [3.8, 4) is 11.1 Å². The second-order valence-electron chi connectivity index (χ2n) is 8.56. The van der Waals surface area contributed by atoms with Crippen LogP contribution in [0.4, 0.5) is 0 Å². The molecule has 3 aromatic rings. The zero-order valence-electron chi connectivity index (χ0n) is 16.0. The van der Waals surface area contributed by atoms with Crippen LogP contribution >= 0.6 is 0 Å². The number of aliphatic hydroxyl groups is 1. The maximum atomic E-state index is 11.9. The van der Waals surface area contributed by atoms with Crippen LogP contribution in [-0.4, -0.2) is 44.1 Å². The lowest BCUT2D eigenvalue weighted by Crippen LogP contribution is -2.40. The van der Waals surface area contributed by atoms with Gasteiger partial charge < -0.3 is 10.0 Å². The summed E-state index contributed by atoms with van der Waals surface area (Å²) in [5.74, 6) is 0. The predicted molar refractivity (Wildman–Crippen MR) is 107 cm³/mol. The van der Waals surface area contributed by atoms with Gasteiger partial charge in [0.2, 0.25) is 0 Å². The van der Waals surface area contributed by atoms with Gasteiger partial charge in [0.05, 0.1) is 12.2 Å². The van der Waals surface area contributed by atoms with Gasteiger partial charge in [-0.2, -0.15) is 0 Å². The molecular formula is C23H24N4O. The van der Waals surface area contributed by atoms with Crippen LogP contribution < -0.4 is 0 Å². The van der Waals surface area contributed by atoms with E-state index in [2.05, 4.69) is 34.4 Å². The zero-order chi connectivity index (χ0) is 18.9. The van der Waals surface area contributed by atoms with Crippen molar-refractivity contribution < 1.29 is 5.11 Å². The Bertz CT molecular complexity index is 999. The zero-order valence-corrected chi connectivity index (χ0v) is 16.0. The van der Waals surface area contributed by atoms with Gasteiger partial charge in [-0.1, -0.05) is 53.7 Å². The van der Waals surface area contributed by atoms with E-state index in [1.807, 2.05) is 47.3 Å². The first-order valence-corrected chi connectivity index (χ1v) is 10.2. The molecule has 3 heterocycles. The molecule has 28 heavy (non-hydrogen) atoms. The van der Waals surface area contributed by atoms with Crippen LogP contribution in [0.25, 0.3) is 11.1 Å². The number of nitrogens with zero attached hydrogens (tertiary/aromatic N) is 4. The van der Waals surface area contributed by atoms with Crippen molar-refractivity contribution in [1.29, 1.82) is 0 Å². The van der Waals surface area contributed by atoms with E-state index in [0.29, 0.717) is 23.8 Å². The maximum Gasteiger partial charge on any atom is 0.161 e. The van der Waals surface area contributed by atoms with Crippen molar-refractivity contribution in [2.45, 2.75) is 49.4 Å². The van der Waals surface area contributed by atoms with E-state index in [1.54, 1.807) is 0 Å². The first kappa shape index (κ1) is 16.5. The second kappa shape index (κ2) is 5.75. The average Bonchev–Trinajstić information content (AvgIpc) is 3.36. The van der Waals surface area contributed by atoms with Gasteiger partial charge >= 0.3 is 0 Å². The molecule has 2 aromatic carbocycles. The number of hydrogen-bond acceptors (Lipinski definition) is 4. The van der Waals surface area contributed by atoms with Gasteiger partial charge in [-0.15, -0.1) is 5.10 Å². The molecule has 3 aliphatic rings. The summed E-state index contributed by atoms with van der Waals surface area (Å²) in [6.45, 7) is 0. The molecule has 5 heteroatoms. The minimum Gasteiger partial charge on any atom is -0.374 e. The minimum atomic E-state index is -1.24. The van der Waals surface area contributed by atoms with E-state index in [9.17, 15) is 5.11 Å². The Morgan fingerprint density at radius 2 is 1.46 bits per heavy atom. The van der Waals surface area contributed by atoms with Crippen molar-refractivity contribution in [2.24, 2.45) is 0 Å². The first-order chi connectivity index (χ1) is 13.7. The van der Waals surface area contributed by atoms with Gasteiger partial charge in [-0.05, 0) is 43.9 Å². The average molecular weight is 372 g/mol. The first-order valence-electron chi connectivity index (χ1n) is 10.2. The number of piperidine rings is 1. The molecule has 1 unspecified atom stereocenters. The highest BCUT2D eigenvalue weighted by Gasteiger charge is 2.46. The molecule has 6 rings (SSSR count). The standard InChI is InChI=1S/C23H24N4O/c1-26-15-10-11-16(26)13-17(12-15)27-14-22(24-25-27)23(28)20-8-4-2-6-18(20)19-7-3-5-9-21(19)23/h2-9,14-17,28H,10-13H2,1H3/t15-,16+,17?. The smallest absolute Gasteiger partial charge is 0.161 e. The van der Waals surface area contributed by atoms with E-state index < -0.39 is 5.60 Å². The van der Waals surface area contributed by atoms with Crippen molar-refractivity contribution >= 4 is 0 Å². The summed E-state index contributed by atoms with van der Waals surface area (Å²) < 4.78 is 2.01. The van der Waals surface area contributed by atoms with Gasteiger partial charge in [0.25, 0.3) is 0 Å². The number of fused-ring (bicyclic) bond motifs is 5. The Labute approximate surface area is 164 Å². The lowest BCUT2D eigenvalue weighted by atomic mass is 9.88. The highest BCUT2D eigenvalue weighted by atomic mass is 16.3. The SMILES string of the molecule is CN1[C@@H]2CC[C@H]1CC(n1cc(C3(O)c4ccccc4-c4ccccc43)nn1)C2. The third-order valence-electron chi connectivity index (χ3n) is 7.25. The number of benzene rings is 2. The van der Waals surface area contributed by atoms with E-state index in [4.69, 9.17) is 0 Å². The van der Waals surface area contributed by atoms with E-state index in [1.165, 1.54) is 12.8 Å². The molecule has 0 saturated carbocycles. The Morgan fingerprint density at radius 1 is 0.893 bits per heavy atom. The fraction of sp³-hybridized carbons (Fsp3) is 0.391. The molecule has 0 radical (unpaired) electrons. The van der Waals surface area contributed by atoms with Crippen molar-refractivity contribution in [1.82, 2.24) is 19.9 Å². The quantitative estimate of drug-likeness (QED) is 0.750. The summed E-state index contributed by atoms with van der Waals surface area (Å²) in [5, 5.41) is 20.9. The lowest BCUT2D eigenvalue weighted by Gasteiger charge is -2.36. The number of hydrogen-bond donors (Lipinski definition) is 1. The van der Waals surface area contributed by atoms with Crippen molar-refractivity contribution in [3.05, 3.63) is 71.5 Å². The normalized spacial score (nSPS) is 27.6. The third-order valence-corrected chi connectivity index (χ3v) is 7.25. The fourth-order valence-electron chi connectivity index (χ4n) is 5.71. The topological polar surface area (TPSA) is 54.2 Å². The molecule has 1 aromatic heterocycles. The lowest BCUT2D eigenvalue weighted by molar-refractivity contribution is 0.125. The van der Waals surface area contributed by atoms with E-state index in [0.717, 1.165) is 35.1 Å². The number of aromatic nitrogens is 3. The van der Waals surface area contributed by atoms with Crippen LogP contribution in [0.5, 0.6) is 0 Å². The van der Waals surface area contributed by atoms with Gasteiger partial charge in [-0.25, -0.2) is 4.68 Å². The predicted octanol–water partition coefficient (Wildman–Crippen LogP) is 3.34. The van der Waals surface area contributed by atoms with Crippen LogP contribution in [0.1, 0.15) is 48.5 Å². The van der Waals surface area contributed by atoms with Crippen LogP contribution in [-0.2, 0) is 5.60 Å². The molecule has 0 amide bonds. The molecule has 3 atom stereocenters. The summed E-state index contributed by atoms with van der Waals surface area (Å²) >= 11 is 0. The van der Waals surface area contributed by atoms with Crippen LogP contribution in [0.15, 0.2) is 54.7 Å². The molecule has 5 nitrogen and oxygen atoms in total. The van der Waals surface area contributed by atoms with Crippen molar-refractivity contribution in [2.75, 3.05) is 7.05 Å². The monoisotopic (exact) mass is 372 g/mol. The van der Waals surface area contributed by atoms with Gasteiger partial charge in [0.1, 0.15) is 5.69 Å². The Hall–Kier alpha value is -2.50. The van der Waals surface area contributed by atoms with E-state index in [-0.39, 0.29) is 0 Å². The summed E-state index contributed by atoms with van der Waals surface area (Å²) in [4.78, 5) is 2.53. The van der Waals surface area contributed by atoms with Crippen LogP contribution in [0.3, 0.4) is 0 Å². The van der Waals surface area contributed by atoms with Gasteiger partial charge in [0, 0.05) is 23.2 Å². The molecule has 0 spiro atoms. The molecule has 1 aliphatic carbocycles. The minimum absolute atomic E-state index is 0.366. The maximum absolute atomic E-state index is 11.9. The molecule has 2 fully saturated rings. The van der Waals surface area contributed by atoms with Gasteiger partial charge in [-0.3, -0.25) is 0 Å². The summed E-state index contributed by atoms with van der Waals surface area (Å²) in [5.41, 5.74) is 3.32. The third kappa shape index (κ3) is 2.09. The Morgan fingerprint density at radius 3 is 2.07 bits per heavy atom. The second-order valence-corrected chi connectivity index (χ2v) is 8.56. The molecule has 142 valence electrons. The molecule has 2 aliphatic heterocycles. The summed E-state index contributed by atoms with van der Waals surface area (Å²) in [7, 11) is 2.25. The van der Waals surface area contributed by atoms with Crippen LogP contribution in [0.2, 0.25) is 0 Å². The number of rotatable bonds is 2. The van der Waals surface area contributed by atoms with Crippen LogP contribution in [0, 0.1) is 0 Å². The highest BCUT2D eigenvalue weighted by molar-refractivity contribution is 5.81. The Kier molecular flexibility index (Phi) is 3.38. The molecule has 2 saturated heterocycles. The molecular weight excluding hydrogens is 348 g/mol. The summed E-state index contributed by atoms with van der Waals surface area (Å²) in [6, 6.07) is 17.8. The largest absolute Gasteiger partial charge is 0.374 e. The Balaban J connectivity index is 1.43. The molecule has 2 bridgehead atoms. The van der Waals surface area contributed by atoms with E-state index >= 15 is 0 Å². The fourth-order valence-corrected chi connectivity index (χ4v) is 5.71. The highest BCUT2D eigenvalue weighted by Crippen LogP contribution is 2.50. The molecule has 1 N–H and O–H groups in total. The summed E-state index contributed by atoms with van der Waals surface area (Å²) in [6.07, 6.45) is 6.77.